The minimum atomic E-state index is -0.351. The first-order valence-corrected chi connectivity index (χ1v) is 9.41. The van der Waals surface area contributed by atoms with Gasteiger partial charge in [0.25, 0.3) is 5.91 Å². The van der Waals surface area contributed by atoms with E-state index in [0.717, 1.165) is 22.6 Å². The number of carbonyl (C=O) groups is 1. The third kappa shape index (κ3) is 4.37. The highest BCUT2D eigenvalue weighted by molar-refractivity contribution is 5.96. The molecule has 5 nitrogen and oxygen atoms in total. The average molecular weight is 392 g/mol. The quantitative estimate of drug-likeness (QED) is 0.636. The lowest BCUT2D eigenvalue weighted by atomic mass is 10.0. The van der Waals surface area contributed by atoms with Crippen LogP contribution in [0.1, 0.15) is 27.2 Å². The second kappa shape index (κ2) is 8.31. The Morgan fingerprint density at radius 2 is 1.90 bits per heavy atom. The van der Waals surface area contributed by atoms with Crippen LogP contribution < -0.4 is 9.47 Å². The maximum Gasteiger partial charge on any atom is 0.256 e. The summed E-state index contributed by atoms with van der Waals surface area (Å²) in [7, 11) is 1.63. The fourth-order valence-electron chi connectivity index (χ4n) is 3.34. The molecule has 0 saturated carbocycles. The van der Waals surface area contributed by atoms with Crippen molar-refractivity contribution in [3.8, 4) is 11.5 Å². The van der Waals surface area contributed by atoms with Crippen LogP contribution in [0.3, 0.4) is 0 Å². The van der Waals surface area contributed by atoms with Gasteiger partial charge in [-0.3, -0.25) is 9.78 Å². The minimum Gasteiger partial charge on any atom is -0.497 e. The molecule has 1 aliphatic heterocycles. The number of methoxy groups -OCH3 is 1. The van der Waals surface area contributed by atoms with Crippen LogP contribution in [0.2, 0.25) is 0 Å². The molecule has 0 spiro atoms. The molecule has 1 aliphatic rings. The summed E-state index contributed by atoms with van der Waals surface area (Å²) in [6, 6.07) is 15.5. The number of amides is 1. The summed E-state index contributed by atoms with van der Waals surface area (Å²) in [6.45, 7) is 1.38. The van der Waals surface area contributed by atoms with Crippen molar-refractivity contribution in [3.05, 3.63) is 89.0 Å². The molecule has 0 atom stereocenters. The Morgan fingerprint density at radius 1 is 1.07 bits per heavy atom. The SMILES string of the molecule is COc1ccc(CN2CCc3ncc(COc4cccc(F)c4)cc3C2=O)cc1. The van der Waals surface area contributed by atoms with Gasteiger partial charge in [0.05, 0.1) is 18.4 Å². The van der Waals surface area contributed by atoms with Crippen molar-refractivity contribution in [1.82, 2.24) is 9.88 Å². The number of ether oxygens (including phenoxy) is 2. The van der Waals surface area contributed by atoms with E-state index in [1.54, 1.807) is 25.4 Å². The van der Waals surface area contributed by atoms with Crippen LogP contribution in [-0.2, 0) is 19.6 Å². The number of hydrogen-bond donors (Lipinski definition) is 0. The summed E-state index contributed by atoms with van der Waals surface area (Å²) in [5.41, 5.74) is 3.22. The van der Waals surface area contributed by atoms with E-state index in [1.165, 1.54) is 12.1 Å². The molecule has 0 N–H and O–H groups in total. The zero-order valence-electron chi connectivity index (χ0n) is 16.1. The molecule has 0 bridgehead atoms. The van der Waals surface area contributed by atoms with Crippen molar-refractivity contribution in [3.63, 3.8) is 0 Å². The van der Waals surface area contributed by atoms with Crippen molar-refractivity contribution in [2.45, 2.75) is 19.6 Å². The lowest BCUT2D eigenvalue weighted by molar-refractivity contribution is 0.0725. The first-order chi connectivity index (χ1) is 14.1. The Bertz CT molecular complexity index is 1020. The molecule has 0 unspecified atom stereocenters. The summed E-state index contributed by atoms with van der Waals surface area (Å²) < 4.78 is 24.1. The van der Waals surface area contributed by atoms with Crippen molar-refractivity contribution in [2.24, 2.45) is 0 Å². The van der Waals surface area contributed by atoms with Gasteiger partial charge in [-0.2, -0.15) is 0 Å². The van der Waals surface area contributed by atoms with Gasteiger partial charge in [0.15, 0.2) is 0 Å². The Labute approximate surface area is 168 Å². The molecule has 0 radical (unpaired) electrons. The van der Waals surface area contributed by atoms with Crippen molar-refractivity contribution >= 4 is 5.91 Å². The van der Waals surface area contributed by atoms with Crippen molar-refractivity contribution < 1.29 is 18.7 Å². The molecule has 0 aliphatic carbocycles. The van der Waals surface area contributed by atoms with Crippen LogP contribution in [0.5, 0.6) is 11.5 Å². The zero-order chi connectivity index (χ0) is 20.2. The van der Waals surface area contributed by atoms with E-state index in [-0.39, 0.29) is 18.3 Å². The van der Waals surface area contributed by atoms with Crippen LogP contribution in [0.15, 0.2) is 60.8 Å². The number of rotatable bonds is 6. The number of benzene rings is 2. The van der Waals surface area contributed by atoms with Gasteiger partial charge in [0.2, 0.25) is 0 Å². The third-order valence-electron chi connectivity index (χ3n) is 4.90. The largest absolute Gasteiger partial charge is 0.497 e. The number of carbonyl (C=O) groups excluding carboxylic acids is 1. The van der Waals surface area contributed by atoms with E-state index < -0.39 is 0 Å². The van der Waals surface area contributed by atoms with E-state index in [9.17, 15) is 9.18 Å². The van der Waals surface area contributed by atoms with Gasteiger partial charge in [-0.1, -0.05) is 18.2 Å². The third-order valence-corrected chi connectivity index (χ3v) is 4.90. The van der Waals surface area contributed by atoms with Crippen LogP contribution in [0, 0.1) is 5.82 Å². The first kappa shape index (κ1) is 18.9. The maximum absolute atomic E-state index is 13.3. The van der Waals surface area contributed by atoms with Crippen molar-refractivity contribution in [2.75, 3.05) is 13.7 Å². The smallest absolute Gasteiger partial charge is 0.256 e. The van der Waals surface area contributed by atoms with Gasteiger partial charge in [-0.15, -0.1) is 0 Å². The Balaban J connectivity index is 1.46. The molecular formula is C23H21FN2O3. The molecule has 6 heteroatoms. The highest BCUT2D eigenvalue weighted by Gasteiger charge is 2.25. The second-order valence-corrected chi connectivity index (χ2v) is 6.91. The Kier molecular flexibility index (Phi) is 5.42. The van der Waals surface area contributed by atoms with E-state index >= 15 is 0 Å². The fourth-order valence-corrected chi connectivity index (χ4v) is 3.34. The molecular weight excluding hydrogens is 371 g/mol. The number of pyridine rings is 1. The van der Waals surface area contributed by atoms with Crippen molar-refractivity contribution in [1.29, 1.82) is 0 Å². The fraction of sp³-hybridized carbons (Fsp3) is 0.217. The van der Waals surface area contributed by atoms with Gasteiger partial charge in [-0.25, -0.2) is 4.39 Å². The highest BCUT2D eigenvalue weighted by atomic mass is 19.1. The van der Waals surface area contributed by atoms with E-state index in [4.69, 9.17) is 9.47 Å². The maximum atomic E-state index is 13.3. The number of hydrogen-bond acceptors (Lipinski definition) is 4. The number of fused-ring (bicyclic) bond motifs is 1. The van der Waals surface area contributed by atoms with Crippen LogP contribution in [0.25, 0.3) is 0 Å². The summed E-state index contributed by atoms with van der Waals surface area (Å²) in [5, 5.41) is 0. The second-order valence-electron chi connectivity index (χ2n) is 6.91. The van der Waals surface area contributed by atoms with Gasteiger partial charge in [-0.05, 0) is 35.9 Å². The monoisotopic (exact) mass is 392 g/mol. The average Bonchev–Trinajstić information content (AvgIpc) is 2.75. The molecule has 1 aromatic heterocycles. The molecule has 3 aromatic rings. The molecule has 0 saturated heterocycles. The predicted molar refractivity (Wildman–Crippen MR) is 106 cm³/mol. The highest BCUT2D eigenvalue weighted by Crippen LogP contribution is 2.22. The van der Waals surface area contributed by atoms with Gasteiger partial charge < -0.3 is 14.4 Å². The summed E-state index contributed by atoms with van der Waals surface area (Å²) in [5.74, 6) is 0.837. The normalized spacial score (nSPS) is 13.2. The van der Waals surface area contributed by atoms with Gasteiger partial charge in [0.1, 0.15) is 23.9 Å². The Morgan fingerprint density at radius 3 is 2.66 bits per heavy atom. The molecule has 1 amide bonds. The molecule has 0 fully saturated rings. The lowest BCUT2D eigenvalue weighted by Gasteiger charge is -2.28. The van der Waals surface area contributed by atoms with Gasteiger partial charge in [0, 0.05) is 37.3 Å². The van der Waals surface area contributed by atoms with Crippen LogP contribution in [-0.4, -0.2) is 29.4 Å². The first-order valence-electron chi connectivity index (χ1n) is 9.41. The van der Waals surface area contributed by atoms with Crippen LogP contribution in [0.4, 0.5) is 4.39 Å². The topological polar surface area (TPSA) is 51.7 Å². The number of nitrogens with zero attached hydrogens (tertiary/aromatic N) is 2. The summed E-state index contributed by atoms with van der Waals surface area (Å²) >= 11 is 0. The Hall–Kier alpha value is -3.41. The standard InChI is InChI=1S/C23H21FN2O3/c1-28-19-7-5-16(6-8-19)14-26-10-9-22-21(23(26)27)11-17(13-25-22)15-29-20-4-2-3-18(24)12-20/h2-8,11-13H,9-10,14-15H2,1H3. The number of aromatic nitrogens is 1. The molecule has 2 heterocycles. The predicted octanol–water partition coefficient (Wildman–Crippen LogP) is 4.01. The molecule has 148 valence electrons. The molecule has 2 aromatic carbocycles. The van der Waals surface area contributed by atoms with Crippen LogP contribution >= 0.6 is 0 Å². The molecule has 29 heavy (non-hydrogen) atoms. The van der Waals surface area contributed by atoms with Gasteiger partial charge >= 0.3 is 0 Å². The van der Waals surface area contributed by atoms with E-state index in [0.29, 0.717) is 30.8 Å². The summed E-state index contributed by atoms with van der Waals surface area (Å²) in [6.07, 6.45) is 2.42. The lowest BCUT2D eigenvalue weighted by Crippen LogP contribution is -2.37. The molecule has 4 rings (SSSR count). The number of halogens is 1. The van der Waals surface area contributed by atoms with E-state index in [2.05, 4.69) is 4.98 Å². The van der Waals surface area contributed by atoms with E-state index in [1.807, 2.05) is 35.2 Å². The summed E-state index contributed by atoms with van der Waals surface area (Å²) in [4.78, 5) is 19.3. The minimum absolute atomic E-state index is 0.0397. The zero-order valence-corrected chi connectivity index (χ0v) is 16.1.